The highest BCUT2D eigenvalue weighted by Gasteiger charge is 2.06. The molecule has 0 aliphatic carbocycles. The fourth-order valence-electron chi connectivity index (χ4n) is 0.715. The molecule has 0 radical (unpaired) electrons. The molecule has 0 saturated carbocycles. The minimum atomic E-state index is -0.496. The first-order valence-corrected chi connectivity index (χ1v) is 4.42. The molecule has 0 rings (SSSR count). The number of ketones is 1. The molecule has 0 amide bonds. The van der Waals surface area contributed by atoms with Gasteiger partial charge in [0.05, 0.1) is 0 Å². The fraction of sp³-hybridized carbons (Fsp3) is 0.600. The Labute approximate surface area is 78.8 Å². The third-order valence-electron chi connectivity index (χ3n) is 1.52. The van der Waals surface area contributed by atoms with Crippen molar-refractivity contribution in [2.75, 3.05) is 6.61 Å². The minimum Gasteiger partial charge on any atom is -0.454 e. The molecule has 0 fully saturated rings. The van der Waals surface area contributed by atoms with Crippen LogP contribution in [0.4, 0.5) is 0 Å². The zero-order chi connectivity index (χ0) is 10.3. The van der Waals surface area contributed by atoms with E-state index >= 15 is 0 Å². The maximum Gasteiger partial charge on any atom is 0.333 e. The molecule has 0 bridgehead atoms. The van der Waals surface area contributed by atoms with Gasteiger partial charge in [-0.3, -0.25) is 4.79 Å². The number of Topliss-reactive ketones (excluding diaryl/α,β-unsaturated/α-hetero) is 1. The SMILES string of the molecule is C=C(C)C(=O)OCC(=O)CCCC. The molecule has 3 nitrogen and oxygen atoms in total. The first kappa shape index (κ1) is 11.9. The van der Waals surface area contributed by atoms with Gasteiger partial charge in [0.25, 0.3) is 0 Å². The second-order valence-corrected chi connectivity index (χ2v) is 3.00. The average Bonchev–Trinajstić information content (AvgIpc) is 2.10. The van der Waals surface area contributed by atoms with Crippen molar-refractivity contribution in [3.05, 3.63) is 12.2 Å². The summed E-state index contributed by atoms with van der Waals surface area (Å²) in [7, 11) is 0. The molecule has 0 aliphatic rings. The Morgan fingerprint density at radius 3 is 2.46 bits per heavy atom. The van der Waals surface area contributed by atoms with Gasteiger partial charge in [-0.2, -0.15) is 0 Å². The number of esters is 1. The lowest BCUT2D eigenvalue weighted by molar-refractivity contribution is -0.144. The van der Waals surface area contributed by atoms with Crippen LogP contribution in [0.15, 0.2) is 12.2 Å². The zero-order valence-electron chi connectivity index (χ0n) is 8.26. The standard InChI is InChI=1S/C10H16O3/c1-4-5-6-9(11)7-13-10(12)8(2)3/h2,4-7H2,1,3H3. The number of carbonyl (C=O) groups excluding carboxylic acids is 2. The number of hydrogen-bond acceptors (Lipinski definition) is 3. The number of hydrogen-bond donors (Lipinski definition) is 0. The third kappa shape index (κ3) is 6.08. The molecule has 13 heavy (non-hydrogen) atoms. The molecule has 0 atom stereocenters. The van der Waals surface area contributed by atoms with Crippen molar-refractivity contribution in [2.45, 2.75) is 33.1 Å². The molecular weight excluding hydrogens is 168 g/mol. The molecule has 0 saturated heterocycles. The lowest BCUT2D eigenvalue weighted by atomic mass is 10.2. The number of carbonyl (C=O) groups is 2. The lowest BCUT2D eigenvalue weighted by Crippen LogP contribution is -2.13. The Morgan fingerprint density at radius 1 is 1.38 bits per heavy atom. The molecular formula is C10H16O3. The van der Waals surface area contributed by atoms with Crippen LogP contribution in [0.25, 0.3) is 0 Å². The molecule has 74 valence electrons. The van der Waals surface area contributed by atoms with Crippen molar-refractivity contribution in [1.82, 2.24) is 0 Å². The van der Waals surface area contributed by atoms with Crippen LogP contribution in [-0.2, 0) is 14.3 Å². The predicted octanol–water partition coefficient (Wildman–Crippen LogP) is 1.86. The van der Waals surface area contributed by atoms with Crippen LogP contribution in [0, 0.1) is 0 Å². The van der Waals surface area contributed by atoms with Gasteiger partial charge in [0.15, 0.2) is 5.78 Å². The summed E-state index contributed by atoms with van der Waals surface area (Å²) in [6, 6.07) is 0. The summed E-state index contributed by atoms with van der Waals surface area (Å²) in [5.74, 6) is -0.527. The Bertz CT molecular complexity index is 206. The van der Waals surface area contributed by atoms with Crippen LogP contribution in [0.1, 0.15) is 33.1 Å². The van der Waals surface area contributed by atoms with Crippen LogP contribution in [0.2, 0.25) is 0 Å². The van der Waals surface area contributed by atoms with Crippen LogP contribution in [0.5, 0.6) is 0 Å². The minimum absolute atomic E-state index is 0.0311. The molecule has 0 aromatic rings. The molecule has 0 heterocycles. The topological polar surface area (TPSA) is 43.4 Å². The van der Waals surface area contributed by atoms with Crippen molar-refractivity contribution in [1.29, 1.82) is 0 Å². The van der Waals surface area contributed by atoms with Gasteiger partial charge in [0, 0.05) is 12.0 Å². The third-order valence-corrected chi connectivity index (χ3v) is 1.52. The van der Waals surface area contributed by atoms with Crippen LogP contribution < -0.4 is 0 Å². The van der Waals surface area contributed by atoms with Crippen LogP contribution >= 0.6 is 0 Å². The van der Waals surface area contributed by atoms with E-state index in [4.69, 9.17) is 0 Å². The molecule has 0 aromatic carbocycles. The summed E-state index contributed by atoms with van der Waals surface area (Å²) >= 11 is 0. The quantitative estimate of drug-likeness (QED) is 0.467. The second kappa shape index (κ2) is 6.40. The highest BCUT2D eigenvalue weighted by Crippen LogP contribution is 1.97. The van der Waals surface area contributed by atoms with E-state index in [1.54, 1.807) is 6.92 Å². The maximum absolute atomic E-state index is 11.0. The second-order valence-electron chi connectivity index (χ2n) is 3.00. The van der Waals surface area contributed by atoms with E-state index in [2.05, 4.69) is 11.3 Å². The average molecular weight is 184 g/mol. The van der Waals surface area contributed by atoms with Crippen LogP contribution in [0.3, 0.4) is 0 Å². The Balaban J connectivity index is 3.58. The molecule has 0 N–H and O–H groups in total. The smallest absolute Gasteiger partial charge is 0.333 e. The van der Waals surface area contributed by atoms with E-state index in [1.165, 1.54) is 0 Å². The summed E-state index contributed by atoms with van der Waals surface area (Å²) in [5.41, 5.74) is 0.322. The summed E-state index contributed by atoms with van der Waals surface area (Å²) in [4.78, 5) is 21.9. The molecule has 0 aromatic heterocycles. The van der Waals surface area contributed by atoms with Crippen molar-refractivity contribution in [2.24, 2.45) is 0 Å². The van der Waals surface area contributed by atoms with Crippen molar-refractivity contribution in [3.8, 4) is 0 Å². The predicted molar refractivity (Wildman–Crippen MR) is 50.3 cm³/mol. The summed E-state index contributed by atoms with van der Waals surface area (Å²) in [6.45, 7) is 6.85. The Kier molecular flexibility index (Phi) is 5.85. The van der Waals surface area contributed by atoms with Crippen molar-refractivity contribution in [3.63, 3.8) is 0 Å². The number of rotatable bonds is 6. The number of unbranched alkanes of at least 4 members (excludes halogenated alkanes) is 1. The summed E-state index contributed by atoms with van der Waals surface area (Å²) in [5, 5.41) is 0. The summed E-state index contributed by atoms with van der Waals surface area (Å²) in [6.07, 6.45) is 2.31. The highest BCUT2D eigenvalue weighted by molar-refractivity contribution is 5.89. The zero-order valence-corrected chi connectivity index (χ0v) is 8.26. The van der Waals surface area contributed by atoms with E-state index in [0.717, 1.165) is 12.8 Å². The van der Waals surface area contributed by atoms with E-state index in [-0.39, 0.29) is 12.4 Å². The van der Waals surface area contributed by atoms with E-state index in [9.17, 15) is 9.59 Å². The van der Waals surface area contributed by atoms with Gasteiger partial charge in [0.1, 0.15) is 6.61 Å². The Hall–Kier alpha value is -1.12. The van der Waals surface area contributed by atoms with Gasteiger partial charge in [-0.25, -0.2) is 4.79 Å². The van der Waals surface area contributed by atoms with Crippen LogP contribution in [-0.4, -0.2) is 18.4 Å². The maximum atomic E-state index is 11.0. The van der Waals surface area contributed by atoms with Gasteiger partial charge < -0.3 is 4.74 Å². The molecule has 3 heteroatoms. The number of ether oxygens (including phenoxy) is 1. The summed E-state index contributed by atoms with van der Waals surface area (Å²) < 4.78 is 4.67. The molecule has 0 unspecified atom stereocenters. The monoisotopic (exact) mass is 184 g/mol. The fourth-order valence-corrected chi connectivity index (χ4v) is 0.715. The van der Waals surface area contributed by atoms with E-state index < -0.39 is 5.97 Å². The van der Waals surface area contributed by atoms with Gasteiger partial charge in [-0.05, 0) is 13.3 Å². The van der Waals surface area contributed by atoms with Crippen molar-refractivity contribution >= 4 is 11.8 Å². The first-order chi connectivity index (χ1) is 6.07. The molecule has 0 spiro atoms. The van der Waals surface area contributed by atoms with Crippen molar-refractivity contribution < 1.29 is 14.3 Å². The Morgan fingerprint density at radius 2 is 2.00 bits per heavy atom. The normalized spacial score (nSPS) is 9.38. The van der Waals surface area contributed by atoms with Gasteiger partial charge in [0.2, 0.25) is 0 Å². The van der Waals surface area contributed by atoms with Gasteiger partial charge in [-0.15, -0.1) is 0 Å². The molecule has 0 aliphatic heterocycles. The highest BCUT2D eigenvalue weighted by atomic mass is 16.5. The van der Waals surface area contributed by atoms with Gasteiger partial charge >= 0.3 is 5.97 Å². The lowest BCUT2D eigenvalue weighted by Gasteiger charge is -2.02. The first-order valence-electron chi connectivity index (χ1n) is 4.42. The van der Waals surface area contributed by atoms with Gasteiger partial charge in [-0.1, -0.05) is 19.9 Å². The largest absolute Gasteiger partial charge is 0.454 e. The van der Waals surface area contributed by atoms with E-state index in [1.807, 2.05) is 6.92 Å². The van der Waals surface area contributed by atoms with E-state index in [0.29, 0.717) is 12.0 Å².